The Morgan fingerprint density at radius 1 is 1.11 bits per heavy atom. The second-order valence-corrected chi connectivity index (χ2v) is 4.15. The molecule has 0 unspecified atom stereocenters. The van der Waals surface area contributed by atoms with Crippen LogP contribution in [0.4, 0.5) is 0 Å². The highest BCUT2D eigenvalue weighted by atomic mass is 35.5. The van der Waals surface area contributed by atoms with Gasteiger partial charge in [-0.2, -0.15) is 0 Å². The lowest BCUT2D eigenvalue weighted by atomic mass is 10.00. The van der Waals surface area contributed by atoms with Crippen LogP contribution in [0.1, 0.15) is 25.0 Å². The first-order valence-corrected chi connectivity index (χ1v) is 6.15. The van der Waals surface area contributed by atoms with Crippen molar-refractivity contribution in [3.05, 3.63) is 23.3 Å². The molecule has 2 N–H and O–H groups in total. The Kier molecular flexibility index (Phi) is 5.72. The summed E-state index contributed by atoms with van der Waals surface area (Å²) in [4.78, 5) is 0. The van der Waals surface area contributed by atoms with E-state index >= 15 is 0 Å². The topological polar surface area (TPSA) is 47.7 Å². The molecule has 5 heteroatoms. The second-order valence-electron chi connectivity index (χ2n) is 4.15. The Morgan fingerprint density at radius 2 is 1.67 bits per heavy atom. The van der Waals surface area contributed by atoms with Crippen LogP contribution >= 0.6 is 12.4 Å². The van der Waals surface area contributed by atoms with Crippen LogP contribution in [0.25, 0.3) is 0 Å². The Labute approximate surface area is 114 Å². The molecule has 0 saturated heterocycles. The molecule has 1 heterocycles. The zero-order valence-corrected chi connectivity index (χ0v) is 11.8. The van der Waals surface area contributed by atoms with Crippen LogP contribution in [0.15, 0.2) is 12.1 Å². The molecular weight excluding hydrogens is 252 g/mol. The third-order valence-electron chi connectivity index (χ3n) is 2.91. The summed E-state index contributed by atoms with van der Waals surface area (Å²) in [6.07, 6.45) is 0.971. The molecule has 1 aromatic rings. The summed E-state index contributed by atoms with van der Waals surface area (Å²) in [6, 6.07) is 4.15. The van der Waals surface area contributed by atoms with Gasteiger partial charge in [-0.05, 0) is 43.5 Å². The van der Waals surface area contributed by atoms with Crippen molar-refractivity contribution in [2.75, 3.05) is 19.8 Å². The van der Waals surface area contributed by atoms with Crippen molar-refractivity contribution in [2.45, 2.75) is 26.8 Å². The molecule has 18 heavy (non-hydrogen) atoms. The van der Waals surface area contributed by atoms with Gasteiger partial charge < -0.3 is 9.47 Å². The molecule has 0 saturated carbocycles. The first-order chi connectivity index (χ1) is 8.24. The highest BCUT2D eigenvalue weighted by Gasteiger charge is 2.17. The van der Waals surface area contributed by atoms with Gasteiger partial charge in [-0.25, -0.2) is 5.01 Å². The van der Waals surface area contributed by atoms with Gasteiger partial charge in [-0.3, -0.25) is 5.84 Å². The number of hydrogen-bond donors (Lipinski definition) is 1. The third-order valence-corrected chi connectivity index (χ3v) is 2.91. The van der Waals surface area contributed by atoms with E-state index in [9.17, 15) is 0 Å². The van der Waals surface area contributed by atoms with Crippen LogP contribution in [0.2, 0.25) is 0 Å². The zero-order valence-electron chi connectivity index (χ0n) is 10.9. The van der Waals surface area contributed by atoms with Crippen molar-refractivity contribution in [3.63, 3.8) is 0 Å². The molecule has 1 aliphatic heterocycles. The van der Waals surface area contributed by atoms with Crippen molar-refractivity contribution in [3.8, 4) is 11.5 Å². The number of nitrogens with two attached hydrogens (primary N) is 1. The molecule has 2 rings (SSSR count). The van der Waals surface area contributed by atoms with E-state index in [1.54, 1.807) is 0 Å². The van der Waals surface area contributed by atoms with Gasteiger partial charge in [-0.15, -0.1) is 12.4 Å². The molecule has 0 bridgehead atoms. The average molecular weight is 273 g/mol. The Balaban J connectivity index is 0.00000162. The normalized spacial score (nSPS) is 14.6. The molecule has 0 amide bonds. The number of nitrogens with zero attached hydrogens (tertiary/aromatic N) is 1. The van der Waals surface area contributed by atoms with Gasteiger partial charge in [0.25, 0.3) is 0 Å². The van der Waals surface area contributed by atoms with E-state index in [4.69, 9.17) is 15.3 Å². The van der Waals surface area contributed by atoms with Gasteiger partial charge in [0.15, 0.2) is 11.5 Å². The highest BCUT2D eigenvalue weighted by Crippen LogP contribution is 2.33. The minimum Gasteiger partial charge on any atom is -0.490 e. The first kappa shape index (κ1) is 15.1. The van der Waals surface area contributed by atoms with Crippen LogP contribution in [0.3, 0.4) is 0 Å². The fraction of sp³-hybridized carbons (Fsp3) is 0.538. The number of hydrogen-bond acceptors (Lipinski definition) is 4. The number of hydrazine groups is 1. The number of rotatable bonds is 4. The van der Waals surface area contributed by atoms with Crippen LogP contribution < -0.4 is 15.3 Å². The molecule has 0 spiro atoms. The Hall–Kier alpha value is -0.970. The Morgan fingerprint density at radius 3 is 2.22 bits per heavy atom. The van der Waals surface area contributed by atoms with E-state index in [-0.39, 0.29) is 12.4 Å². The number of ether oxygens (including phenoxy) is 2. The number of halogens is 1. The van der Waals surface area contributed by atoms with Gasteiger partial charge in [-0.1, -0.05) is 0 Å². The monoisotopic (exact) mass is 272 g/mol. The van der Waals surface area contributed by atoms with E-state index < -0.39 is 0 Å². The minimum absolute atomic E-state index is 0. The summed E-state index contributed by atoms with van der Waals surface area (Å²) < 4.78 is 11.2. The second kappa shape index (κ2) is 6.83. The SMILES string of the molecule is CCOc1cc2c(cc1OCC)CN(N)CC2.Cl. The summed E-state index contributed by atoms with van der Waals surface area (Å²) in [7, 11) is 0. The lowest BCUT2D eigenvalue weighted by molar-refractivity contribution is 0.257. The van der Waals surface area contributed by atoms with E-state index in [1.807, 2.05) is 18.9 Å². The van der Waals surface area contributed by atoms with Gasteiger partial charge in [0.05, 0.1) is 13.2 Å². The van der Waals surface area contributed by atoms with Crippen molar-refractivity contribution in [1.29, 1.82) is 0 Å². The van der Waals surface area contributed by atoms with Crippen LogP contribution in [0.5, 0.6) is 11.5 Å². The van der Waals surface area contributed by atoms with Crippen molar-refractivity contribution >= 4 is 12.4 Å². The highest BCUT2D eigenvalue weighted by molar-refractivity contribution is 5.85. The van der Waals surface area contributed by atoms with Crippen molar-refractivity contribution in [2.24, 2.45) is 5.84 Å². The molecular formula is C13H21ClN2O2. The van der Waals surface area contributed by atoms with Crippen LogP contribution in [-0.2, 0) is 13.0 Å². The fourth-order valence-corrected chi connectivity index (χ4v) is 2.12. The van der Waals surface area contributed by atoms with E-state index in [2.05, 4.69) is 12.1 Å². The predicted molar refractivity (Wildman–Crippen MR) is 74.3 cm³/mol. The Bertz CT molecular complexity index is 399. The number of benzene rings is 1. The fourth-order valence-electron chi connectivity index (χ4n) is 2.12. The summed E-state index contributed by atoms with van der Waals surface area (Å²) >= 11 is 0. The molecule has 0 aliphatic carbocycles. The molecule has 0 atom stereocenters. The van der Waals surface area contributed by atoms with E-state index in [1.165, 1.54) is 11.1 Å². The first-order valence-electron chi connectivity index (χ1n) is 6.15. The maximum absolute atomic E-state index is 5.83. The summed E-state index contributed by atoms with van der Waals surface area (Å²) in [5.41, 5.74) is 2.56. The molecule has 102 valence electrons. The molecule has 0 aromatic heterocycles. The maximum atomic E-state index is 5.83. The summed E-state index contributed by atoms with van der Waals surface area (Å²) in [5, 5.41) is 1.83. The van der Waals surface area contributed by atoms with Gasteiger partial charge in [0.2, 0.25) is 0 Å². The van der Waals surface area contributed by atoms with Gasteiger partial charge in [0, 0.05) is 13.1 Å². The predicted octanol–water partition coefficient (Wildman–Crippen LogP) is 2.14. The largest absolute Gasteiger partial charge is 0.490 e. The summed E-state index contributed by atoms with van der Waals surface area (Å²) in [6.45, 7) is 6.93. The number of fused-ring (bicyclic) bond motifs is 1. The lowest BCUT2D eigenvalue weighted by Crippen LogP contribution is -2.36. The molecule has 0 radical (unpaired) electrons. The standard InChI is InChI=1S/C13H20N2O2.ClH/c1-3-16-12-7-10-5-6-15(14)9-11(10)8-13(12)17-4-2;/h7-8H,3-6,9,14H2,1-2H3;1H. The zero-order chi connectivity index (χ0) is 12.3. The van der Waals surface area contributed by atoms with Gasteiger partial charge in [0.1, 0.15) is 0 Å². The lowest BCUT2D eigenvalue weighted by Gasteiger charge is -2.26. The minimum atomic E-state index is 0. The van der Waals surface area contributed by atoms with E-state index in [0.29, 0.717) is 13.2 Å². The molecule has 1 aromatic carbocycles. The molecule has 4 nitrogen and oxygen atoms in total. The maximum Gasteiger partial charge on any atom is 0.161 e. The van der Waals surface area contributed by atoms with E-state index in [0.717, 1.165) is 31.0 Å². The quantitative estimate of drug-likeness (QED) is 0.853. The summed E-state index contributed by atoms with van der Waals surface area (Å²) in [5.74, 6) is 7.50. The smallest absolute Gasteiger partial charge is 0.161 e. The van der Waals surface area contributed by atoms with Gasteiger partial charge >= 0.3 is 0 Å². The van der Waals surface area contributed by atoms with Crippen molar-refractivity contribution < 1.29 is 9.47 Å². The van der Waals surface area contributed by atoms with Crippen LogP contribution in [-0.4, -0.2) is 24.8 Å². The average Bonchev–Trinajstić information content (AvgIpc) is 2.31. The van der Waals surface area contributed by atoms with Crippen molar-refractivity contribution in [1.82, 2.24) is 5.01 Å². The van der Waals surface area contributed by atoms with Crippen LogP contribution in [0, 0.1) is 0 Å². The molecule has 1 aliphatic rings. The third kappa shape index (κ3) is 3.28. The molecule has 0 fully saturated rings.